The maximum absolute atomic E-state index is 5.05. The Bertz CT molecular complexity index is 416. The molecule has 0 atom stereocenters. The molecule has 1 aliphatic rings. The Morgan fingerprint density at radius 2 is 1.14 bits per heavy atom. The predicted molar refractivity (Wildman–Crippen MR) is 86.9 cm³/mol. The van der Waals surface area contributed by atoms with Gasteiger partial charge in [-0.2, -0.15) is 0 Å². The fourth-order valence-corrected chi connectivity index (χ4v) is 5.63. The third kappa shape index (κ3) is 5.96. The van der Waals surface area contributed by atoms with E-state index in [1.165, 1.54) is 25.7 Å². The predicted octanol–water partition coefficient (Wildman–Crippen LogP) is 1.95. The average molecular weight is 304 g/mol. The molecule has 0 bridgehead atoms. The lowest BCUT2D eigenvalue weighted by molar-refractivity contribution is 0.240. The van der Waals surface area contributed by atoms with Crippen molar-refractivity contribution >= 4 is 8.07 Å². The zero-order valence-corrected chi connectivity index (χ0v) is 14.3. The SMILES string of the molecule is COCC#C[Si](C#CCOC)(C#CCOC)C1CCCC1. The van der Waals surface area contributed by atoms with E-state index < -0.39 is 8.07 Å². The molecule has 1 rings (SSSR count). The van der Waals surface area contributed by atoms with E-state index in [9.17, 15) is 0 Å². The van der Waals surface area contributed by atoms with Crippen LogP contribution in [0.25, 0.3) is 0 Å². The van der Waals surface area contributed by atoms with Crippen LogP contribution < -0.4 is 0 Å². The van der Waals surface area contributed by atoms with Gasteiger partial charge in [-0.1, -0.05) is 60.1 Å². The van der Waals surface area contributed by atoms with E-state index in [0.29, 0.717) is 25.4 Å². The molecule has 1 fully saturated rings. The molecule has 0 saturated heterocycles. The molecule has 0 aromatic carbocycles. The molecule has 0 spiro atoms. The highest BCUT2D eigenvalue weighted by molar-refractivity contribution is 7.01. The summed E-state index contributed by atoms with van der Waals surface area (Å²) in [7, 11) is 2.66. The van der Waals surface area contributed by atoms with Crippen LogP contribution in [0.15, 0.2) is 0 Å². The summed E-state index contributed by atoms with van der Waals surface area (Å²) in [4.78, 5) is 0. The quantitative estimate of drug-likeness (QED) is 0.587. The van der Waals surface area contributed by atoms with Crippen LogP contribution in [-0.2, 0) is 14.2 Å². The lowest BCUT2D eigenvalue weighted by Gasteiger charge is -2.20. The van der Waals surface area contributed by atoms with E-state index in [1.54, 1.807) is 21.3 Å². The Labute approximate surface area is 129 Å². The first-order valence-corrected chi connectivity index (χ1v) is 9.33. The van der Waals surface area contributed by atoms with Gasteiger partial charge in [0.15, 0.2) is 0 Å². The Morgan fingerprint density at radius 1 is 0.762 bits per heavy atom. The van der Waals surface area contributed by atoms with Crippen LogP contribution in [0.5, 0.6) is 0 Å². The first-order valence-electron chi connectivity index (χ1n) is 7.26. The van der Waals surface area contributed by atoms with E-state index in [2.05, 4.69) is 34.4 Å². The van der Waals surface area contributed by atoms with Crippen molar-refractivity contribution in [1.82, 2.24) is 0 Å². The van der Waals surface area contributed by atoms with Crippen LogP contribution >= 0.6 is 0 Å². The highest BCUT2D eigenvalue weighted by Gasteiger charge is 2.39. The standard InChI is InChI=1S/C17H24O3Si/c1-18-11-6-14-21(15-7-12-19-2,16-8-13-20-3)17-9-4-5-10-17/h17H,4-5,9-13H2,1-3H3. The van der Waals surface area contributed by atoms with Gasteiger partial charge < -0.3 is 14.2 Å². The second-order valence-electron chi connectivity index (χ2n) is 4.99. The van der Waals surface area contributed by atoms with Gasteiger partial charge in [0.05, 0.1) is 0 Å². The Balaban J connectivity index is 3.10. The molecule has 0 N–H and O–H groups in total. The van der Waals surface area contributed by atoms with Gasteiger partial charge in [-0.25, -0.2) is 0 Å². The van der Waals surface area contributed by atoms with Gasteiger partial charge in [-0.3, -0.25) is 0 Å². The highest BCUT2D eigenvalue weighted by Crippen LogP contribution is 2.37. The van der Waals surface area contributed by atoms with Crippen LogP contribution in [0.1, 0.15) is 25.7 Å². The van der Waals surface area contributed by atoms with Gasteiger partial charge in [-0.15, -0.1) is 0 Å². The Kier molecular flexibility index (Phi) is 8.91. The minimum absolute atomic E-state index is 0.430. The van der Waals surface area contributed by atoms with Gasteiger partial charge in [0.1, 0.15) is 19.8 Å². The number of methoxy groups -OCH3 is 3. The second kappa shape index (κ2) is 10.5. The van der Waals surface area contributed by atoms with Crippen LogP contribution in [0.4, 0.5) is 0 Å². The van der Waals surface area contributed by atoms with Crippen molar-refractivity contribution in [3.8, 4) is 34.4 Å². The topological polar surface area (TPSA) is 27.7 Å². The van der Waals surface area contributed by atoms with Crippen molar-refractivity contribution in [3.63, 3.8) is 0 Å². The smallest absolute Gasteiger partial charge is 0.294 e. The molecule has 0 heterocycles. The maximum atomic E-state index is 5.05. The molecular formula is C17H24O3Si. The molecule has 0 radical (unpaired) electrons. The lowest BCUT2D eigenvalue weighted by atomic mass is 10.4. The molecule has 4 heteroatoms. The fraction of sp³-hybridized carbons (Fsp3) is 0.647. The molecule has 1 saturated carbocycles. The summed E-state index contributed by atoms with van der Waals surface area (Å²) < 4.78 is 15.2. The Hall–Kier alpha value is -1.22. The van der Waals surface area contributed by atoms with E-state index in [0.717, 1.165) is 0 Å². The van der Waals surface area contributed by atoms with E-state index in [-0.39, 0.29) is 0 Å². The molecule has 0 aromatic heterocycles. The molecule has 0 amide bonds. The molecule has 1 aliphatic carbocycles. The van der Waals surface area contributed by atoms with Crippen LogP contribution in [0, 0.1) is 34.4 Å². The van der Waals surface area contributed by atoms with Gasteiger partial charge in [0.25, 0.3) is 8.07 Å². The van der Waals surface area contributed by atoms with Gasteiger partial charge in [-0.05, 0) is 5.54 Å². The van der Waals surface area contributed by atoms with Crippen molar-refractivity contribution < 1.29 is 14.2 Å². The highest BCUT2D eigenvalue weighted by atomic mass is 28.3. The minimum atomic E-state index is -2.30. The first kappa shape index (κ1) is 17.8. The largest absolute Gasteiger partial charge is 0.372 e. The third-order valence-electron chi connectivity index (χ3n) is 3.47. The van der Waals surface area contributed by atoms with E-state index >= 15 is 0 Å². The fourth-order valence-electron chi connectivity index (χ4n) is 2.50. The van der Waals surface area contributed by atoms with Crippen molar-refractivity contribution in [1.29, 1.82) is 0 Å². The monoisotopic (exact) mass is 304 g/mol. The van der Waals surface area contributed by atoms with Gasteiger partial charge in [0, 0.05) is 21.3 Å². The molecule has 21 heavy (non-hydrogen) atoms. The number of ether oxygens (including phenoxy) is 3. The van der Waals surface area contributed by atoms with Crippen molar-refractivity contribution in [3.05, 3.63) is 0 Å². The number of hydrogen-bond acceptors (Lipinski definition) is 3. The molecular weight excluding hydrogens is 280 g/mol. The molecule has 0 aliphatic heterocycles. The first-order chi connectivity index (χ1) is 10.3. The number of rotatable bonds is 4. The summed E-state index contributed by atoms with van der Waals surface area (Å²) in [6, 6.07) is 0. The number of hydrogen-bond donors (Lipinski definition) is 0. The van der Waals surface area contributed by atoms with Crippen LogP contribution in [0.3, 0.4) is 0 Å². The van der Waals surface area contributed by atoms with E-state index in [1.807, 2.05) is 0 Å². The normalized spacial score (nSPS) is 14.4. The Morgan fingerprint density at radius 3 is 1.48 bits per heavy atom. The summed E-state index contributed by atoms with van der Waals surface area (Å²) in [5.74, 6) is 9.33. The van der Waals surface area contributed by atoms with Crippen molar-refractivity contribution in [2.75, 3.05) is 41.2 Å². The lowest BCUT2D eigenvalue weighted by Crippen LogP contribution is -2.36. The molecule has 3 nitrogen and oxygen atoms in total. The average Bonchev–Trinajstić information content (AvgIpc) is 3.02. The molecule has 0 aromatic rings. The molecule has 114 valence electrons. The zero-order valence-electron chi connectivity index (χ0n) is 13.3. The molecule has 0 unspecified atom stereocenters. The van der Waals surface area contributed by atoms with Gasteiger partial charge in [0.2, 0.25) is 0 Å². The van der Waals surface area contributed by atoms with Gasteiger partial charge >= 0.3 is 0 Å². The van der Waals surface area contributed by atoms with Crippen molar-refractivity contribution in [2.45, 2.75) is 31.2 Å². The minimum Gasteiger partial charge on any atom is -0.372 e. The second-order valence-corrected chi connectivity index (χ2v) is 8.18. The third-order valence-corrected chi connectivity index (χ3v) is 6.99. The van der Waals surface area contributed by atoms with E-state index in [4.69, 9.17) is 14.2 Å². The van der Waals surface area contributed by atoms with Crippen LogP contribution in [0.2, 0.25) is 5.54 Å². The summed E-state index contributed by atoms with van der Waals surface area (Å²) in [5, 5.41) is 0. The zero-order chi connectivity index (χ0) is 15.4. The summed E-state index contributed by atoms with van der Waals surface area (Å²) >= 11 is 0. The summed E-state index contributed by atoms with van der Waals surface area (Å²) in [5.41, 5.74) is 10.7. The summed E-state index contributed by atoms with van der Waals surface area (Å²) in [6.45, 7) is 1.29. The van der Waals surface area contributed by atoms with Crippen LogP contribution in [-0.4, -0.2) is 49.2 Å². The van der Waals surface area contributed by atoms with Crippen molar-refractivity contribution in [2.24, 2.45) is 0 Å². The summed E-state index contributed by atoms with van der Waals surface area (Å²) in [6.07, 6.45) is 4.86. The maximum Gasteiger partial charge on any atom is 0.294 e.